The van der Waals surface area contributed by atoms with Gasteiger partial charge in [-0.1, -0.05) is 18.2 Å². The molecule has 6 heteroatoms. The molecule has 0 aliphatic carbocycles. The molecule has 0 unspecified atom stereocenters. The van der Waals surface area contributed by atoms with Gasteiger partial charge in [-0.05, 0) is 25.8 Å². The van der Waals surface area contributed by atoms with E-state index < -0.39 is 0 Å². The second-order valence-corrected chi connectivity index (χ2v) is 7.13. The second kappa shape index (κ2) is 7.13. The van der Waals surface area contributed by atoms with Crippen LogP contribution in [0.4, 0.5) is 5.69 Å². The number of rotatable bonds is 3. The van der Waals surface area contributed by atoms with E-state index in [1.165, 1.54) is 0 Å². The lowest BCUT2D eigenvalue weighted by Gasteiger charge is -2.30. The number of piperidine rings is 1. The molecule has 1 aliphatic heterocycles. The average molecular weight is 343 g/mol. The van der Waals surface area contributed by atoms with Crippen LogP contribution in [0.3, 0.4) is 0 Å². The minimum absolute atomic E-state index is 0.0256. The van der Waals surface area contributed by atoms with E-state index in [1.54, 1.807) is 23.2 Å². The molecular formula is C18H21N3O2S. The van der Waals surface area contributed by atoms with Crippen LogP contribution in [-0.4, -0.2) is 34.8 Å². The SMILES string of the molecule is CC(=O)N1CCC(C(=O)Nc2ccccc2-c2csc(C)n2)CC1. The third-order valence-corrected chi connectivity index (χ3v) is 5.16. The van der Waals surface area contributed by atoms with E-state index in [2.05, 4.69) is 10.3 Å². The maximum Gasteiger partial charge on any atom is 0.227 e. The van der Waals surface area contributed by atoms with Crippen molar-refractivity contribution in [1.29, 1.82) is 0 Å². The number of hydrogen-bond donors (Lipinski definition) is 1. The van der Waals surface area contributed by atoms with Crippen molar-refractivity contribution < 1.29 is 9.59 Å². The molecule has 1 aromatic heterocycles. The van der Waals surface area contributed by atoms with Crippen molar-refractivity contribution in [3.63, 3.8) is 0 Å². The molecule has 1 saturated heterocycles. The lowest BCUT2D eigenvalue weighted by atomic mass is 9.95. The first kappa shape index (κ1) is 16.6. The number of carbonyl (C=O) groups excluding carboxylic acids is 2. The molecule has 0 radical (unpaired) electrons. The third kappa shape index (κ3) is 3.64. The highest BCUT2D eigenvalue weighted by molar-refractivity contribution is 7.09. The molecule has 1 fully saturated rings. The van der Waals surface area contributed by atoms with Crippen LogP contribution in [-0.2, 0) is 9.59 Å². The number of amides is 2. The molecule has 2 heterocycles. The summed E-state index contributed by atoms with van der Waals surface area (Å²) in [5, 5.41) is 6.06. The van der Waals surface area contributed by atoms with Gasteiger partial charge in [-0.25, -0.2) is 4.98 Å². The highest BCUT2D eigenvalue weighted by Gasteiger charge is 2.26. The van der Waals surface area contributed by atoms with Gasteiger partial charge in [0.05, 0.1) is 16.4 Å². The van der Waals surface area contributed by atoms with Crippen molar-refractivity contribution in [1.82, 2.24) is 9.88 Å². The molecule has 126 valence electrons. The lowest BCUT2D eigenvalue weighted by molar-refractivity contribution is -0.132. The maximum absolute atomic E-state index is 12.6. The Labute approximate surface area is 145 Å². The number of nitrogens with one attached hydrogen (secondary N) is 1. The molecule has 2 amide bonds. The first-order valence-corrected chi connectivity index (χ1v) is 9.00. The van der Waals surface area contributed by atoms with Crippen LogP contribution in [0.2, 0.25) is 0 Å². The number of benzene rings is 1. The lowest BCUT2D eigenvalue weighted by Crippen LogP contribution is -2.40. The number of carbonyl (C=O) groups is 2. The van der Waals surface area contributed by atoms with Crippen molar-refractivity contribution in [2.75, 3.05) is 18.4 Å². The quantitative estimate of drug-likeness (QED) is 0.930. The number of nitrogens with zero attached hydrogens (tertiary/aromatic N) is 2. The van der Waals surface area contributed by atoms with Crippen LogP contribution in [0.15, 0.2) is 29.6 Å². The zero-order valence-corrected chi connectivity index (χ0v) is 14.7. The summed E-state index contributed by atoms with van der Waals surface area (Å²) in [5.41, 5.74) is 2.62. The molecule has 0 saturated carbocycles. The number of hydrogen-bond acceptors (Lipinski definition) is 4. The summed E-state index contributed by atoms with van der Waals surface area (Å²) < 4.78 is 0. The van der Waals surface area contributed by atoms with Gasteiger partial charge in [0.15, 0.2) is 0 Å². The zero-order valence-electron chi connectivity index (χ0n) is 13.9. The molecule has 0 bridgehead atoms. The fourth-order valence-corrected chi connectivity index (χ4v) is 3.61. The van der Waals surface area contributed by atoms with Crippen LogP contribution in [0.25, 0.3) is 11.3 Å². The van der Waals surface area contributed by atoms with Crippen LogP contribution in [0.1, 0.15) is 24.8 Å². The molecule has 3 rings (SSSR count). The maximum atomic E-state index is 12.6. The first-order valence-electron chi connectivity index (χ1n) is 8.12. The number of thiazole rings is 1. The largest absolute Gasteiger partial charge is 0.343 e. The molecule has 2 aromatic rings. The highest BCUT2D eigenvalue weighted by Crippen LogP contribution is 2.29. The van der Waals surface area contributed by atoms with Gasteiger partial charge in [0.25, 0.3) is 0 Å². The molecule has 0 atom stereocenters. The highest BCUT2D eigenvalue weighted by atomic mass is 32.1. The average Bonchev–Trinajstić information content (AvgIpc) is 3.01. The number of aryl methyl sites for hydroxylation is 1. The van der Waals surface area contributed by atoms with Gasteiger partial charge >= 0.3 is 0 Å². The van der Waals surface area contributed by atoms with Crippen molar-refractivity contribution in [2.45, 2.75) is 26.7 Å². The summed E-state index contributed by atoms with van der Waals surface area (Å²) in [6.07, 6.45) is 1.42. The van der Waals surface area contributed by atoms with Crippen LogP contribution < -0.4 is 5.32 Å². The van der Waals surface area contributed by atoms with Crippen molar-refractivity contribution >= 4 is 28.8 Å². The Morgan fingerprint density at radius 2 is 1.96 bits per heavy atom. The van der Waals surface area contributed by atoms with E-state index in [-0.39, 0.29) is 17.7 Å². The Balaban J connectivity index is 1.70. The Morgan fingerprint density at radius 3 is 2.58 bits per heavy atom. The van der Waals surface area contributed by atoms with Crippen LogP contribution in [0.5, 0.6) is 0 Å². The van der Waals surface area contributed by atoms with Crippen LogP contribution >= 0.6 is 11.3 Å². The molecule has 1 aromatic carbocycles. The fraction of sp³-hybridized carbons (Fsp3) is 0.389. The van der Waals surface area contributed by atoms with Gasteiger partial charge < -0.3 is 10.2 Å². The fourth-order valence-electron chi connectivity index (χ4n) is 2.99. The number of likely N-dealkylation sites (tertiary alicyclic amines) is 1. The van der Waals surface area contributed by atoms with E-state index in [4.69, 9.17) is 0 Å². The number of aromatic nitrogens is 1. The third-order valence-electron chi connectivity index (χ3n) is 4.39. The van der Waals surface area contributed by atoms with Crippen molar-refractivity contribution in [3.8, 4) is 11.3 Å². The van der Waals surface area contributed by atoms with E-state index in [0.717, 1.165) is 22.0 Å². The number of para-hydroxylation sites is 1. The second-order valence-electron chi connectivity index (χ2n) is 6.07. The monoisotopic (exact) mass is 343 g/mol. The van der Waals surface area contributed by atoms with Gasteiger partial charge in [-0.15, -0.1) is 11.3 Å². The van der Waals surface area contributed by atoms with Gasteiger partial charge in [0.2, 0.25) is 11.8 Å². The smallest absolute Gasteiger partial charge is 0.227 e. The van der Waals surface area contributed by atoms with Gasteiger partial charge in [0, 0.05) is 36.9 Å². The summed E-state index contributed by atoms with van der Waals surface area (Å²) in [7, 11) is 0. The summed E-state index contributed by atoms with van der Waals surface area (Å²) in [6.45, 7) is 4.85. The standard InChI is InChI=1S/C18H21N3O2S/c1-12-19-17(11-24-12)15-5-3-4-6-16(15)20-18(23)14-7-9-21(10-8-14)13(2)22/h3-6,11,14H,7-10H2,1-2H3,(H,20,23). The van der Waals surface area contributed by atoms with Crippen molar-refractivity contribution in [3.05, 3.63) is 34.7 Å². The molecule has 1 aliphatic rings. The van der Waals surface area contributed by atoms with E-state index in [0.29, 0.717) is 25.9 Å². The van der Waals surface area contributed by atoms with Gasteiger partial charge in [-0.2, -0.15) is 0 Å². The summed E-state index contributed by atoms with van der Waals surface area (Å²) >= 11 is 1.60. The van der Waals surface area contributed by atoms with Crippen molar-refractivity contribution in [2.24, 2.45) is 5.92 Å². The Hall–Kier alpha value is -2.21. The first-order chi connectivity index (χ1) is 11.5. The Bertz CT molecular complexity index is 748. The molecule has 0 spiro atoms. The predicted molar refractivity (Wildman–Crippen MR) is 95.9 cm³/mol. The van der Waals surface area contributed by atoms with E-state index >= 15 is 0 Å². The van der Waals surface area contributed by atoms with Crippen LogP contribution in [0, 0.1) is 12.8 Å². The summed E-state index contributed by atoms with van der Waals surface area (Å²) in [6, 6.07) is 7.75. The molecule has 24 heavy (non-hydrogen) atoms. The zero-order chi connectivity index (χ0) is 17.1. The Kier molecular flexibility index (Phi) is 4.94. The van der Waals surface area contributed by atoms with E-state index in [9.17, 15) is 9.59 Å². The number of anilines is 1. The normalized spacial score (nSPS) is 15.3. The summed E-state index contributed by atoms with van der Waals surface area (Å²) in [5.74, 6) is 0.0570. The topological polar surface area (TPSA) is 62.3 Å². The summed E-state index contributed by atoms with van der Waals surface area (Å²) in [4.78, 5) is 30.3. The van der Waals surface area contributed by atoms with E-state index in [1.807, 2.05) is 36.6 Å². The van der Waals surface area contributed by atoms with Gasteiger partial charge in [0.1, 0.15) is 0 Å². The Morgan fingerprint density at radius 1 is 1.25 bits per heavy atom. The minimum Gasteiger partial charge on any atom is -0.343 e. The predicted octanol–water partition coefficient (Wildman–Crippen LogP) is 3.32. The molecule has 5 nitrogen and oxygen atoms in total. The van der Waals surface area contributed by atoms with Gasteiger partial charge in [-0.3, -0.25) is 9.59 Å². The molecular weight excluding hydrogens is 322 g/mol. The molecule has 1 N–H and O–H groups in total. The minimum atomic E-state index is -0.0502.